The SMILES string of the molecule is OC1(c2cc(C(F)(F)F)ccc2Br)CCCCC1. The first-order chi connectivity index (χ1) is 8.33. The average molecular weight is 323 g/mol. The van der Waals surface area contributed by atoms with E-state index in [0.29, 0.717) is 22.9 Å². The average Bonchev–Trinajstić information content (AvgIpc) is 2.28. The van der Waals surface area contributed by atoms with Gasteiger partial charge in [0.25, 0.3) is 0 Å². The second-order valence-electron chi connectivity index (χ2n) is 4.78. The zero-order chi connectivity index (χ0) is 13.4. The summed E-state index contributed by atoms with van der Waals surface area (Å²) in [5.41, 5.74) is -1.48. The Balaban J connectivity index is 2.43. The van der Waals surface area contributed by atoms with E-state index in [4.69, 9.17) is 0 Å². The number of rotatable bonds is 1. The van der Waals surface area contributed by atoms with Crippen LogP contribution in [0.25, 0.3) is 0 Å². The van der Waals surface area contributed by atoms with Crippen molar-refractivity contribution in [3.8, 4) is 0 Å². The van der Waals surface area contributed by atoms with E-state index in [1.807, 2.05) is 0 Å². The molecule has 1 aromatic rings. The summed E-state index contributed by atoms with van der Waals surface area (Å²) in [5.74, 6) is 0. The van der Waals surface area contributed by atoms with Crippen LogP contribution in [0.1, 0.15) is 43.2 Å². The Morgan fingerprint density at radius 2 is 1.72 bits per heavy atom. The van der Waals surface area contributed by atoms with Crippen LogP contribution in [0, 0.1) is 0 Å². The van der Waals surface area contributed by atoms with Gasteiger partial charge in [0.1, 0.15) is 0 Å². The van der Waals surface area contributed by atoms with Gasteiger partial charge in [-0.3, -0.25) is 0 Å². The van der Waals surface area contributed by atoms with Crippen molar-refractivity contribution in [2.45, 2.75) is 43.9 Å². The molecule has 18 heavy (non-hydrogen) atoms. The van der Waals surface area contributed by atoms with E-state index >= 15 is 0 Å². The lowest BCUT2D eigenvalue weighted by atomic mass is 9.79. The second-order valence-corrected chi connectivity index (χ2v) is 5.64. The number of hydrogen-bond donors (Lipinski definition) is 1. The molecule has 100 valence electrons. The van der Waals surface area contributed by atoms with Crippen LogP contribution in [0.2, 0.25) is 0 Å². The standard InChI is InChI=1S/C13H14BrF3O/c14-11-5-4-9(13(15,16)17)8-10(11)12(18)6-2-1-3-7-12/h4-5,8,18H,1-3,6-7H2. The Morgan fingerprint density at radius 1 is 1.11 bits per heavy atom. The molecule has 0 unspecified atom stereocenters. The van der Waals surface area contributed by atoms with Gasteiger partial charge in [-0.25, -0.2) is 0 Å². The van der Waals surface area contributed by atoms with E-state index < -0.39 is 17.3 Å². The van der Waals surface area contributed by atoms with Gasteiger partial charge in [-0.1, -0.05) is 35.2 Å². The first-order valence-electron chi connectivity index (χ1n) is 5.92. The fourth-order valence-corrected chi connectivity index (χ4v) is 3.08. The molecule has 1 aromatic carbocycles. The van der Waals surface area contributed by atoms with Gasteiger partial charge in [0.15, 0.2) is 0 Å². The summed E-state index contributed by atoms with van der Waals surface area (Å²) in [5, 5.41) is 10.5. The Morgan fingerprint density at radius 3 is 2.28 bits per heavy atom. The lowest BCUT2D eigenvalue weighted by Crippen LogP contribution is -2.29. The third-order valence-corrected chi connectivity index (χ3v) is 4.17. The van der Waals surface area contributed by atoms with Gasteiger partial charge in [0.2, 0.25) is 0 Å². The highest BCUT2D eigenvalue weighted by atomic mass is 79.9. The molecule has 1 aliphatic rings. The zero-order valence-electron chi connectivity index (χ0n) is 9.73. The highest BCUT2D eigenvalue weighted by Crippen LogP contribution is 2.42. The van der Waals surface area contributed by atoms with Crippen LogP contribution >= 0.6 is 15.9 Å². The Hall–Kier alpha value is -0.550. The predicted octanol–water partition coefficient (Wildman–Crippen LogP) is 4.62. The van der Waals surface area contributed by atoms with Gasteiger partial charge in [-0.2, -0.15) is 13.2 Å². The van der Waals surface area contributed by atoms with Crippen LogP contribution in [0.15, 0.2) is 22.7 Å². The van der Waals surface area contributed by atoms with Crippen molar-refractivity contribution in [1.29, 1.82) is 0 Å². The predicted molar refractivity (Wildman–Crippen MR) is 66.1 cm³/mol. The van der Waals surface area contributed by atoms with Crippen LogP contribution < -0.4 is 0 Å². The van der Waals surface area contributed by atoms with Crippen LogP contribution in [-0.4, -0.2) is 5.11 Å². The summed E-state index contributed by atoms with van der Waals surface area (Å²) in [7, 11) is 0. The van der Waals surface area contributed by atoms with Gasteiger partial charge in [0.05, 0.1) is 11.2 Å². The molecule has 0 heterocycles. The largest absolute Gasteiger partial charge is 0.416 e. The van der Waals surface area contributed by atoms with E-state index in [2.05, 4.69) is 15.9 Å². The molecule has 1 aliphatic carbocycles. The molecule has 0 spiro atoms. The maximum atomic E-state index is 12.7. The third kappa shape index (κ3) is 2.72. The van der Waals surface area contributed by atoms with Crippen molar-refractivity contribution in [2.75, 3.05) is 0 Å². The molecule has 1 fully saturated rings. The van der Waals surface area contributed by atoms with Crippen LogP contribution in [0.3, 0.4) is 0 Å². The number of halogens is 4. The normalized spacial score (nSPS) is 19.8. The lowest BCUT2D eigenvalue weighted by Gasteiger charge is -2.33. The molecule has 0 atom stereocenters. The van der Waals surface area contributed by atoms with Crippen LogP contribution in [0.4, 0.5) is 13.2 Å². The van der Waals surface area contributed by atoms with E-state index in [0.717, 1.165) is 31.4 Å². The molecule has 0 saturated heterocycles. The number of benzene rings is 1. The molecular weight excluding hydrogens is 309 g/mol. The van der Waals surface area contributed by atoms with Gasteiger partial charge in [-0.15, -0.1) is 0 Å². The van der Waals surface area contributed by atoms with E-state index in [1.165, 1.54) is 6.07 Å². The van der Waals surface area contributed by atoms with Gasteiger partial charge >= 0.3 is 6.18 Å². The van der Waals surface area contributed by atoms with Gasteiger partial charge < -0.3 is 5.11 Å². The summed E-state index contributed by atoms with van der Waals surface area (Å²) in [6, 6.07) is 3.46. The fraction of sp³-hybridized carbons (Fsp3) is 0.538. The third-order valence-electron chi connectivity index (χ3n) is 3.48. The smallest absolute Gasteiger partial charge is 0.385 e. The minimum atomic E-state index is -4.37. The van der Waals surface area contributed by atoms with E-state index in [1.54, 1.807) is 0 Å². The summed E-state index contributed by atoms with van der Waals surface area (Å²) in [4.78, 5) is 0. The first-order valence-corrected chi connectivity index (χ1v) is 6.72. The molecule has 5 heteroatoms. The Labute approximate surface area is 112 Å². The number of hydrogen-bond acceptors (Lipinski definition) is 1. The highest BCUT2D eigenvalue weighted by molar-refractivity contribution is 9.10. The molecule has 1 nitrogen and oxygen atoms in total. The molecule has 0 aliphatic heterocycles. The summed E-state index contributed by atoms with van der Waals surface area (Å²) >= 11 is 3.24. The monoisotopic (exact) mass is 322 g/mol. The topological polar surface area (TPSA) is 20.2 Å². The minimum Gasteiger partial charge on any atom is -0.385 e. The lowest BCUT2D eigenvalue weighted by molar-refractivity contribution is -0.137. The molecule has 2 rings (SSSR count). The summed E-state index contributed by atoms with van der Waals surface area (Å²) in [6.07, 6.45) is -0.614. The van der Waals surface area contributed by atoms with Crippen molar-refractivity contribution >= 4 is 15.9 Å². The van der Waals surface area contributed by atoms with Gasteiger partial charge in [-0.05, 0) is 36.6 Å². The van der Waals surface area contributed by atoms with Crippen molar-refractivity contribution in [3.05, 3.63) is 33.8 Å². The fourth-order valence-electron chi connectivity index (χ4n) is 2.46. The van der Waals surface area contributed by atoms with Gasteiger partial charge in [0, 0.05) is 4.47 Å². The molecule has 0 bridgehead atoms. The molecule has 1 saturated carbocycles. The summed E-state index contributed by atoms with van der Waals surface area (Å²) in [6.45, 7) is 0. The van der Waals surface area contributed by atoms with Crippen molar-refractivity contribution in [1.82, 2.24) is 0 Å². The van der Waals surface area contributed by atoms with Crippen molar-refractivity contribution < 1.29 is 18.3 Å². The van der Waals surface area contributed by atoms with Crippen LogP contribution in [-0.2, 0) is 11.8 Å². The number of aliphatic hydroxyl groups is 1. The van der Waals surface area contributed by atoms with Crippen molar-refractivity contribution in [3.63, 3.8) is 0 Å². The van der Waals surface area contributed by atoms with Crippen molar-refractivity contribution in [2.24, 2.45) is 0 Å². The molecular formula is C13H14BrF3O. The maximum absolute atomic E-state index is 12.7. The maximum Gasteiger partial charge on any atom is 0.416 e. The van der Waals surface area contributed by atoms with Crippen LogP contribution in [0.5, 0.6) is 0 Å². The Kier molecular flexibility index (Phi) is 3.74. The second kappa shape index (κ2) is 4.85. The minimum absolute atomic E-state index is 0.358. The highest BCUT2D eigenvalue weighted by Gasteiger charge is 2.36. The zero-order valence-corrected chi connectivity index (χ0v) is 11.3. The molecule has 1 N–H and O–H groups in total. The summed E-state index contributed by atoms with van der Waals surface area (Å²) < 4.78 is 38.6. The number of alkyl halides is 3. The first kappa shape index (κ1) is 13.9. The molecule has 0 amide bonds. The Bertz CT molecular complexity index is 436. The van der Waals surface area contributed by atoms with E-state index in [-0.39, 0.29) is 0 Å². The molecule has 0 aromatic heterocycles. The molecule has 0 radical (unpaired) electrons. The van der Waals surface area contributed by atoms with E-state index in [9.17, 15) is 18.3 Å². The quantitative estimate of drug-likeness (QED) is 0.799.